The van der Waals surface area contributed by atoms with Gasteiger partial charge in [-0.3, -0.25) is 9.69 Å². The highest BCUT2D eigenvalue weighted by atomic mass is 16.5. The van der Waals surface area contributed by atoms with E-state index in [0.29, 0.717) is 5.92 Å². The lowest BCUT2D eigenvalue weighted by atomic mass is 9.95. The summed E-state index contributed by atoms with van der Waals surface area (Å²) in [6.07, 6.45) is 1.85. The minimum Gasteiger partial charge on any atom is -0.379 e. The molecule has 0 spiro atoms. The van der Waals surface area contributed by atoms with Crippen LogP contribution in [0.3, 0.4) is 0 Å². The Morgan fingerprint density at radius 1 is 0.933 bits per heavy atom. The van der Waals surface area contributed by atoms with Gasteiger partial charge in [0.25, 0.3) is 0 Å². The summed E-state index contributed by atoms with van der Waals surface area (Å²) >= 11 is 0. The second kappa shape index (κ2) is 9.58. The molecule has 166 valence electrons. The van der Waals surface area contributed by atoms with E-state index in [0.717, 1.165) is 101 Å². The average molecular weight is 418 g/mol. The minimum atomic E-state index is -0.0729. The number of nitrogens with zero attached hydrogens (tertiary/aromatic N) is 5. The highest BCUT2D eigenvalue weighted by Gasteiger charge is 2.31. The van der Waals surface area contributed by atoms with E-state index in [-0.39, 0.29) is 11.9 Å². The van der Waals surface area contributed by atoms with Crippen LogP contribution in [0, 0.1) is 13.8 Å². The zero-order valence-corrected chi connectivity index (χ0v) is 18.6. The number of likely N-dealkylation sites (tertiary alicyclic amines) is 1. The topological polar surface area (TPSA) is 71.0 Å². The fraction of sp³-hybridized carbons (Fsp3) is 0.773. The summed E-state index contributed by atoms with van der Waals surface area (Å²) in [7, 11) is 0. The number of amides is 1. The number of hydrogen-bond donors (Lipinski definition) is 0. The van der Waals surface area contributed by atoms with Crippen LogP contribution in [0.25, 0.3) is 0 Å². The lowest BCUT2D eigenvalue weighted by Gasteiger charge is -2.37. The van der Waals surface area contributed by atoms with E-state index in [4.69, 9.17) is 19.4 Å². The molecule has 1 aromatic rings. The number of carbonyl (C=O) groups excluding carboxylic acids is 1. The third-order valence-electron chi connectivity index (χ3n) is 6.81. The standard InChI is InChI=1S/C22H35N5O3/c1-16-17(2)23-20(24-21(16)26-10-14-30-15-11-26)19-4-6-27(7-5-19)22(28)18(3)25-8-12-29-13-9-25/h18-19H,4-15H2,1-3H3. The highest BCUT2D eigenvalue weighted by Crippen LogP contribution is 2.30. The van der Waals surface area contributed by atoms with Crippen LogP contribution in [-0.2, 0) is 14.3 Å². The van der Waals surface area contributed by atoms with Crippen molar-refractivity contribution in [3.05, 3.63) is 17.1 Å². The fourth-order valence-electron chi connectivity index (χ4n) is 4.64. The molecule has 8 nitrogen and oxygen atoms in total. The number of morpholine rings is 2. The SMILES string of the molecule is Cc1nc(C2CCN(C(=O)C(C)N3CCOCC3)CC2)nc(N2CCOCC2)c1C. The quantitative estimate of drug-likeness (QED) is 0.732. The van der Waals surface area contributed by atoms with Gasteiger partial charge >= 0.3 is 0 Å². The van der Waals surface area contributed by atoms with Crippen molar-refractivity contribution in [3.63, 3.8) is 0 Å². The van der Waals surface area contributed by atoms with E-state index in [2.05, 4.69) is 23.6 Å². The van der Waals surface area contributed by atoms with Crippen LogP contribution >= 0.6 is 0 Å². The van der Waals surface area contributed by atoms with Gasteiger partial charge in [0.2, 0.25) is 5.91 Å². The molecule has 0 aromatic carbocycles. The number of carbonyl (C=O) groups is 1. The van der Waals surface area contributed by atoms with Crippen molar-refractivity contribution in [1.29, 1.82) is 0 Å². The molecular weight excluding hydrogens is 382 g/mol. The first kappa shape index (κ1) is 21.5. The van der Waals surface area contributed by atoms with E-state index in [9.17, 15) is 4.79 Å². The molecule has 8 heteroatoms. The van der Waals surface area contributed by atoms with E-state index < -0.39 is 0 Å². The number of rotatable bonds is 4. The van der Waals surface area contributed by atoms with Gasteiger partial charge in [-0.2, -0.15) is 0 Å². The maximum Gasteiger partial charge on any atom is 0.239 e. The Labute approximate surface area is 179 Å². The predicted molar refractivity (Wildman–Crippen MR) is 115 cm³/mol. The zero-order valence-electron chi connectivity index (χ0n) is 18.6. The number of piperidine rings is 1. The number of ether oxygens (including phenoxy) is 2. The van der Waals surface area contributed by atoms with Gasteiger partial charge in [0.05, 0.1) is 32.5 Å². The molecule has 3 fully saturated rings. The Hall–Kier alpha value is -1.77. The summed E-state index contributed by atoms with van der Waals surface area (Å²) in [6, 6.07) is -0.0729. The molecule has 0 aliphatic carbocycles. The number of hydrogen-bond acceptors (Lipinski definition) is 7. The lowest BCUT2D eigenvalue weighted by Crippen LogP contribution is -2.52. The zero-order chi connectivity index (χ0) is 21.1. The molecule has 1 unspecified atom stereocenters. The van der Waals surface area contributed by atoms with Gasteiger partial charge in [0, 0.05) is 56.4 Å². The van der Waals surface area contributed by atoms with Crippen LogP contribution in [-0.4, -0.2) is 97.4 Å². The predicted octanol–water partition coefficient (Wildman–Crippen LogP) is 1.36. The van der Waals surface area contributed by atoms with Gasteiger partial charge < -0.3 is 19.3 Å². The van der Waals surface area contributed by atoms with E-state index in [1.54, 1.807) is 0 Å². The lowest BCUT2D eigenvalue weighted by molar-refractivity contribution is -0.139. The van der Waals surface area contributed by atoms with Gasteiger partial charge in [-0.15, -0.1) is 0 Å². The summed E-state index contributed by atoms with van der Waals surface area (Å²) in [4.78, 5) is 29.4. The molecule has 4 heterocycles. The number of anilines is 1. The average Bonchev–Trinajstić information content (AvgIpc) is 2.81. The molecule has 1 aromatic heterocycles. The molecule has 30 heavy (non-hydrogen) atoms. The molecule has 3 aliphatic rings. The van der Waals surface area contributed by atoms with Crippen LogP contribution in [0.4, 0.5) is 5.82 Å². The van der Waals surface area contributed by atoms with E-state index >= 15 is 0 Å². The van der Waals surface area contributed by atoms with Crippen molar-refractivity contribution in [3.8, 4) is 0 Å². The summed E-state index contributed by atoms with van der Waals surface area (Å²) in [5.74, 6) is 2.55. The van der Waals surface area contributed by atoms with Crippen molar-refractivity contribution in [2.45, 2.75) is 45.6 Å². The first-order chi connectivity index (χ1) is 14.5. The minimum absolute atomic E-state index is 0.0729. The summed E-state index contributed by atoms with van der Waals surface area (Å²) in [5, 5.41) is 0. The maximum atomic E-state index is 13.0. The van der Waals surface area contributed by atoms with Crippen LogP contribution in [0.5, 0.6) is 0 Å². The Morgan fingerprint density at radius 3 is 2.17 bits per heavy atom. The van der Waals surface area contributed by atoms with Crippen molar-refractivity contribution >= 4 is 11.7 Å². The van der Waals surface area contributed by atoms with Gasteiger partial charge in [-0.05, 0) is 33.6 Å². The Bertz CT molecular complexity index is 739. The van der Waals surface area contributed by atoms with Crippen LogP contribution in [0.15, 0.2) is 0 Å². The summed E-state index contributed by atoms with van der Waals surface area (Å²) < 4.78 is 10.9. The molecule has 4 rings (SSSR count). The first-order valence-electron chi connectivity index (χ1n) is 11.3. The smallest absolute Gasteiger partial charge is 0.239 e. The Balaban J connectivity index is 1.40. The molecule has 0 saturated carbocycles. The number of aryl methyl sites for hydroxylation is 1. The third-order valence-corrected chi connectivity index (χ3v) is 6.81. The molecule has 0 bridgehead atoms. The number of aromatic nitrogens is 2. The molecular formula is C22H35N5O3. The third kappa shape index (κ3) is 4.60. The van der Waals surface area contributed by atoms with E-state index in [1.165, 1.54) is 0 Å². The molecule has 1 atom stereocenters. The second-order valence-corrected chi connectivity index (χ2v) is 8.64. The molecule has 0 radical (unpaired) electrons. The van der Waals surface area contributed by atoms with Gasteiger partial charge in [-0.1, -0.05) is 0 Å². The van der Waals surface area contributed by atoms with Crippen molar-refractivity contribution in [1.82, 2.24) is 19.8 Å². The Kier molecular flexibility index (Phi) is 6.85. The first-order valence-corrected chi connectivity index (χ1v) is 11.3. The highest BCUT2D eigenvalue weighted by molar-refractivity contribution is 5.81. The summed E-state index contributed by atoms with van der Waals surface area (Å²) in [5.41, 5.74) is 2.22. The second-order valence-electron chi connectivity index (χ2n) is 8.64. The van der Waals surface area contributed by atoms with Crippen LogP contribution in [0.2, 0.25) is 0 Å². The van der Waals surface area contributed by atoms with Crippen LogP contribution < -0.4 is 4.90 Å². The van der Waals surface area contributed by atoms with Gasteiger partial charge in [0.15, 0.2) is 0 Å². The molecule has 3 saturated heterocycles. The van der Waals surface area contributed by atoms with Crippen LogP contribution in [0.1, 0.15) is 42.8 Å². The molecule has 3 aliphatic heterocycles. The van der Waals surface area contributed by atoms with Gasteiger partial charge in [-0.25, -0.2) is 9.97 Å². The molecule has 0 N–H and O–H groups in total. The Morgan fingerprint density at radius 2 is 1.53 bits per heavy atom. The van der Waals surface area contributed by atoms with E-state index in [1.807, 2.05) is 11.8 Å². The van der Waals surface area contributed by atoms with Crippen molar-refractivity contribution in [2.75, 3.05) is 70.6 Å². The largest absolute Gasteiger partial charge is 0.379 e. The van der Waals surface area contributed by atoms with Crippen molar-refractivity contribution in [2.24, 2.45) is 0 Å². The molecule has 1 amide bonds. The van der Waals surface area contributed by atoms with Crippen molar-refractivity contribution < 1.29 is 14.3 Å². The maximum absolute atomic E-state index is 13.0. The normalized spacial score (nSPS) is 22.9. The monoisotopic (exact) mass is 417 g/mol. The van der Waals surface area contributed by atoms with Gasteiger partial charge in [0.1, 0.15) is 11.6 Å². The fourth-order valence-corrected chi connectivity index (χ4v) is 4.64. The summed E-state index contributed by atoms with van der Waals surface area (Å²) in [6.45, 7) is 14.1.